The minimum atomic E-state index is -0.572. The molecule has 168 valence electrons. The highest BCUT2D eigenvalue weighted by atomic mass is 16.5. The molecule has 3 aromatic carbocycles. The lowest BCUT2D eigenvalue weighted by molar-refractivity contribution is -0.118. The first-order valence-corrected chi connectivity index (χ1v) is 10.7. The largest absolute Gasteiger partial charge is 0.490 e. The van der Waals surface area contributed by atoms with E-state index in [9.17, 15) is 9.90 Å². The van der Waals surface area contributed by atoms with Gasteiger partial charge in [-0.2, -0.15) is 0 Å². The van der Waals surface area contributed by atoms with Crippen LogP contribution in [0.25, 0.3) is 0 Å². The molecule has 3 aromatic rings. The molecule has 0 radical (unpaired) electrons. The van der Waals surface area contributed by atoms with Crippen molar-refractivity contribution < 1.29 is 19.4 Å². The molecular weight excluding hydrogens is 404 g/mol. The lowest BCUT2D eigenvalue weighted by Gasteiger charge is -2.15. The molecule has 0 aliphatic carbocycles. The van der Waals surface area contributed by atoms with Crippen LogP contribution in [0.1, 0.15) is 29.7 Å². The maximum atomic E-state index is 12.2. The van der Waals surface area contributed by atoms with Crippen LogP contribution in [-0.2, 0) is 11.3 Å². The average molecular weight is 435 g/mol. The fraction of sp³-hybridized carbons (Fsp3) is 0.269. The van der Waals surface area contributed by atoms with E-state index in [2.05, 4.69) is 10.6 Å². The number of aliphatic hydroxyl groups excluding tert-OH is 1. The lowest BCUT2D eigenvalue weighted by Crippen LogP contribution is -2.21. The number of hydrogen-bond donors (Lipinski definition) is 3. The van der Waals surface area contributed by atoms with Gasteiger partial charge in [-0.1, -0.05) is 54.1 Å². The summed E-state index contributed by atoms with van der Waals surface area (Å²) in [7, 11) is 0. The molecule has 0 heterocycles. The van der Waals surface area contributed by atoms with Crippen LogP contribution >= 0.6 is 0 Å². The molecule has 0 aromatic heterocycles. The van der Waals surface area contributed by atoms with E-state index in [1.54, 1.807) is 6.07 Å². The Labute approximate surface area is 189 Å². The van der Waals surface area contributed by atoms with Gasteiger partial charge in [0, 0.05) is 18.8 Å². The van der Waals surface area contributed by atoms with Gasteiger partial charge in [0.1, 0.15) is 0 Å². The van der Waals surface area contributed by atoms with Gasteiger partial charge in [-0.05, 0) is 49.2 Å². The zero-order valence-electron chi connectivity index (χ0n) is 18.5. The number of rotatable bonds is 11. The van der Waals surface area contributed by atoms with Gasteiger partial charge in [0.2, 0.25) is 0 Å². The summed E-state index contributed by atoms with van der Waals surface area (Å²) >= 11 is 0. The van der Waals surface area contributed by atoms with Crippen molar-refractivity contribution in [2.75, 3.05) is 25.1 Å². The smallest absolute Gasteiger partial charge is 0.262 e. The summed E-state index contributed by atoms with van der Waals surface area (Å²) in [6.45, 7) is 5.26. The van der Waals surface area contributed by atoms with Crippen LogP contribution in [-0.4, -0.2) is 30.8 Å². The highest BCUT2D eigenvalue weighted by Gasteiger charge is 2.11. The Hall–Kier alpha value is -3.35. The molecule has 32 heavy (non-hydrogen) atoms. The Kier molecular flexibility index (Phi) is 8.66. The number of nitrogens with one attached hydrogen (secondary N) is 2. The zero-order valence-corrected chi connectivity index (χ0v) is 18.5. The first kappa shape index (κ1) is 23.3. The first-order chi connectivity index (χ1) is 15.5. The van der Waals surface area contributed by atoms with Crippen molar-refractivity contribution in [3.05, 3.63) is 89.5 Å². The van der Waals surface area contributed by atoms with E-state index in [1.807, 2.05) is 80.6 Å². The SMILES string of the molecule is CCOc1cc(CNC[C@H](O)c2ccccc2)ccc1OCC(=O)Nc1ccc(C)cc1. The van der Waals surface area contributed by atoms with Crippen molar-refractivity contribution in [3.63, 3.8) is 0 Å². The van der Waals surface area contributed by atoms with Gasteiger partial charge in [0.25, 0.3) is 5.91 Å². The predicted octanol–water partition coefficient (Wildman–Crippen LogP) is 4.23. The van der Waals surface area contributed by atoms with Crippen molar-refractivity contribution >= 4 is 11.6 Å². The minimum absolute atomic E-state index is 0.116. The Morgan fingerprint density at radius 3 is 2.44 bits per heavy atom. The second-order valence-corrected chi connectivity index (χ2v) is 7.47. The minimum Gasteiger partial charge on any atom is -0.490 e. The van der Waals surface area contributed by atoms with Gasteiger partial charge in [0.05, 0.1) is 12.7 Å². The van der Waals surface area contributed by atoms with Crippen LogP contribution in [0.3, 0.4) is 0 Å². The molecule has 0 saturated carbocycles. The fourth-order valence-electron chi connectivity index (χ4n) is 3.17. The third-order valence-electron chi connectivity index (χ3n) is 4.85. The van der Waals surface area contributed by atoms with E-state index in [-0.39, 0.29) is 12.5 Å². The number of hydrogen-bond acceptors (Lipinski definition) is 5. The van der Waals surface area contributed by atoms with E-state index in [1.165, 1.54) is 0 Å². The summed E-state index contributed by atoms with van der Waals surface area (Å²) in [5.41, 5.74) is 3.73. The number of carbonyl (C=O) groups is 1. The molecule has 1 atom stereocenters. The molecule has 0 aliphatic heterocycles. The molecule has 0 saturated heterocycles. The van der Waals surface area contributed by atoms with E-state index in [0.717, 1.165) is 22.4 Å². The molecule has 3 N–H and O–H groups in total. The summed E-state index contributed by atoms with van der Waals surface area (Å²) in [5, 5.41) is 16.4. The van der Waals surface area contributed by atoms with Crippen LogP contribution in [0, 0.1) is 6.92 Å². The summed E-state index contributed by atoms with van der Waals surface area (Å²) < 4.78 is 11.4. The Morgan fingerprint density at radius 1 is 0.969 bits per heavy atom. The van der Waals surface area contributed by atoms with Crippen LogP contribution < -0.4 is 20.1 Å². The molecule has 6 nitrogen and oxygen atoms in total. The van der Waals surface area contributed by atoms with Gasteiger partial charge in [-0.3, -0.25) is 4.79 Å². The van der Waals surface area contributed by atoms with E-state index < -0.39 is 6.10 Å². The van der Waals surface area contributed by atoms with Crippen molar-refractivity contribution in [3.8, 4) is 11.5 Å². The number of ether oxygens (including phenoxy) is 2. The number of carbonyl (C=O) groups excluding carboxylic acids is 1. The van der Waals surface area contributed by atoms with E-state index >= 15 is 0 Å². The van der Waals surface area contributed by atoms with Crippen LogP contribution in [0.2, 0.25) is 0 Å². The summed E-state index contributed by atoms with van der Waals surface area (Å²) in [4.78, 5) is 12.2. The van der Waals surface area contributed by atoms with Crippen molar-refractivity contribution in [2.45, 2.75) is 26.5 Å². The van der Waals surface area contributed by atoms with Crippen molar-refractivity contribution in [1.82, 2.24) is 5.32 Å². The van der Waals surface area contributed by atoms with E-state index in [4.69, 9.17) is 9.47 Å². The first-order valence-electron chi connectivity index (χ1n) is 10.7. The molecular formula is C26H30N2O4. The van der Waals surface area contributed by atoms with Crippen LogP contribution in [0.4, 0.5) is 5.69 Å². The van der Waals surface area contributed by atoms with Gasteiger partial charge < -0.3 is 25.2 Å². The summed E-state index contributed by atoms with van der Waals surface area (Å²) in [6.07, 6.45) is -0.572. The number of aliphatic hydroxyl groups is 1. The molecule has 0 spiro atoms. The van der Waals surface area contributed by atoms with Gasteiger partial charge >= 0.3 is 0 Å². The topological polar surface area (TPSA) is 79.8 Å². The zero-order chi connectivity index (χ0) is 22.8. The number of benzene rings is 3. The molecule has 3 rings (SSSR count). The molecule has 0 unspecified atom stereocenters. The van der Waals surface area contributed by atoms with E-state index in [0.29, 0.717) is 31.2 Å². The third kappa shape index (κ3) is 7.11. The lowest BCUT2D eigenvalue weighted by atomic mass is 10.1. The monoisotopic (exact) mass is 434 g/mol. The summed E-state index contributed by atoms with van der Waals surface area (Å²) in [6, 6.07) is 22.7. The standard InChI is InChI=1S/C26H30N2O4/c1-3-31-25-15-20(16-27-17-23(29)21-7-5-4-6-8-21)11-14-24(25)32-18-26(30)28-22-12-9-19(2)10-13-22/h4-15,23,27,29H,3,16-18H2,1-2H3,(H,28,30)/t23-/m0/s1. The van der Waals surface area contributed by atoms with Gasteiger partial charge in [-0.15, -0.1) is 0 Å². The summed E-state index contributed by atoms with van der Waals surface area (Å²) in [5.74, 6) is 0.856. The Morgan fingerprint density at radius 2 is 1.72 bits per heavy atom. The Bertz CT molecular complexity index is 990. The Balaban J connectivity index is 1.53. The maximum absolute atomic E-state index is 12.2. The third-order valence-corrected chi connectivity index (χ3v) is 4.85. The van der Waals surface area contributed by atoms with Crippen LogP contribution in [0.5, 0.6) is 11.5 Å². The number of anilines is 1. The highest BCUT2D eigenvalue weighted by Crippen LogP contribution is 2.28. The molecule has 0 aliphatic rings. The van der Waals surface area contributed by atoms with Gasteiger partial charge in [0.15, 0.2) is 18.1 Å². The number of amides is 1. The fourth-order valence-corrected chi connectivity index (χ4v) is 3.17. The average Bonchev–Trinajstić information content (AvgIpc) is 2.81. The molecule has 1 amide bonds. The van der Waals surface area contributed by atoms with Crippen molar-refractivity contribution in [2.24, 2.45) is 0 Å². The predicted molar refractivity (Wildman–Crippen MR) is 126 cm³/mol. The highest BCUT2D eigenvalue weighted by molar-refractivity contribution is 5.91. The molecule has 0 fully saturated rings. The van der Waals surface area contributed by atoms with Crippen molar-refractivity contribution in [1.29, 1.82) is 0 Å². The number of aryl methyl sites for hydroxylation is 1. The second kappa shape index (κ2) is 11.9. The second-order valence-electron chi connectivity index (χ2n) is 7.47. The van der Waals surface area contributed by atoms with Gasteiger partial charge in [-0.25, -0.2) is 0 Å². The molecule has 6 heteroatoms. The quantitative estimate of drug-likeness (QED) is 0.421. The van der Waals surface area contributed by atoms with Crippen LogP contribution in [0.15, 0.2) is 72.8 Å². The maximum Gasteiger partial charge on any atom is 0.262 e. The molecule has 0 bridgehead atoms. The normalized spacial score (nSPS) is 11.6.